The number of alkyl halides is 3. The molecule has 1 aromatic heterocycles. The molecule has 4 atom stereocenters. The van der Waals surface area contributed by atoms with E-state index < -0.39 is 53.0 Å². The first kappa shape index (κ1) is 23.0. The number of H-pyrrole nitrogens is 1. The standard InChI is InChI=1S/C22H20F5N3O3/c1-9-15(11-5-6-12(23)16(24)17(11)32-3)18(33-21(9,2)22(25,26)27)20-29-13-7-4-10(19(28)31)8-14(13)30-20/h4-9,15,18H,1-3H3,(H2,28,31)(H,29,30)/t9-,15-,18+,21+/m0/s1. The van der Waals surface area contributed by atoms with Crippen LogP contribution in [0.25, 0.3) is 11.0 Å². The fraction of sp³-hybridized carbons (Fsp3) is 0.364. The van der Waals surface area contributed by atoms with Crippen LogP contribution >= 0.6 is 0 Å². The van der Waals surface area contributed by atoms with Gasteiger partial charge in [-0.3, -0.25) is 4.79 Å². The van der Waals surface area contributed by atoms with Crippen molar-refractivity contribution in [1.29, 1.82) is 0 Å². The number of benzene rings is 2. The summed E-state index contributed by atoms with van der Waals surface area (Å²) in [5.41, 5.74) is 3.58. The van der Waals surface area contributed by atoms with E-state index >= 15 is 0 Å². The van der Waals surface area contributed by atoms with Gasteiger partial charge in [-0.05, 0) is 31.2 Å². The van der Waals surface area contributed by atoms with Gasteiger partial charge < -0.3 is 20.2 Å². The van der Waals surface area contributed by atoms with Gasteiger partial charge in [0.25, 0.3) is 0 Å². The van der Waals surface area contributed by atoms with Gasteiger partial charge in [0.15, 0.2) is 17.2 Å². The highest BCUT2D eigenvalue weighted by Crippen LogP contribution is 2.59. The first-order valence-corrected chi connectivity index (χ1v) is 9.95. The highest BCUT2D eigenvalue weighted by Gasteiger charge is 2.65. The van der Waals surface area contributed by atoms with Crippen LogP contribution in [0.15, 0.2) is 30.3 Å². The lowest BCUT2D eigenvalue weighted by atomic mass is 9.77. The summed E-state index contributed by atoms with van der Waals surface area (Å²) in [5, 5.41) is 0. The highest BCUT2D eigenvalue weighted by molar-refractivity contribution is 5.96. The Morgan fingerprint density at radius 1 is 1.24 bits per heavy atom. The summed E-state index contributed by atoms with van der Waals surface area (Å²) >= 11 is 0. The summed E-state index contributed by atoms with van der Waals surface area (Å²) in [6.45, 7) is 2.23. The van der Waals surface area contributed by atoms with Gasteiger partial charge in [0.2, 0.25) is 11.7 Å². The summed E-state index contributed by atoms with van der Waals surface area (Å²) in [7, 11) is 1.10. The van der Waals surface area contributed by atoms with Gasteiger partial charge in [-0.25, -0.2) is 9.37 Å². The van der Waals surface area contributed by atoms with Gasteiger partial charge in [0, 0.05) is 23.0 Å². The Kier molecular flexibility index (Phi) is 5.35. The van der Waals surface area contributed by atoms with E-state index in [0.29, 0.717) is 11.0 Å². The highest BCUT2D eigenvalue weighted by atomic mass is 19.4. The molecule has 3 aromatic rings. The fourth-order valence-corrected chi connectivity index (χ4v) is 4.37. The second-order valence-corrected chi connectivity index (χ2v) is 8.16. The molecule has 0 bridgehead atoms. The van der Waals surface area contributed by atoms with Crippen LogP contribution in [-0.2, 0) is 4.74 Å². The minimum atomic E-state index is -4.77. The van der Waals surface area contributed by atoms with Gasteiger partial charge in [-0.1, -0.05) is 13.0 Å². The summed E-state index contributed by atoms with van der Waals surface area (Å²) in [6, 6.07) is 6.36. The predicted molar refractivity (Wildman–Crippen MR) is 108 cm³/mol. The predicted octanol–water partition coefficient (Wildman–Crippen LogP) is 4.76. The third-order valence-corrected chi connectivity index (χ3v) is 6.37. The van der Waals surface area contributed by atoms with E-state index in [2.05, 4.69) is 9.97 Å². The molecule has 3 N–H and O–H groups in total. The molecule has 0 unspecified atom stereocenters. The summed E-state index contributed by atoms with van der Waals surface area (Å²) < 4.78 is 81.1. The van der Waals surface area contributed by atoms with Crippen LogP contribution in [-0.4, -0.2) is 34.8 Å². The number of nitrogens with zero attached hydrogens (tertiary/aromatic N) is 1. The van der Waals surface area contributed by atoms with E-state index in [1.807, 2.05) is 0 Å². The lowest BCUT2D eigenvalue weighted by Gasteiger charge is -2.32. The van der Waals surface area contributed by atoms with Gasteiger partial charge in [-0.2, -0.15) is 17.6 Å². The van der Waals surface area contributed by atoms with Crippen molar-refractivity contribution in [3.63, 3.8) is 0 Å². The number of nitrogens with one attached hydrogen (secondary N) is 1. The van der Waals surface area contributed by atoms with Crippen LogP contribution in [0, 0.1) is 17.6 Å². The third-order valence-electron chi connectivity index (χ3n) is 6.37. The molecule has 1 saturated heterocycles. The Balaban J connectivity index is 1.91. The van der Waals surface area contributed by atoms with Crippen molar-refractivity contribution in [2.45, 2.75) is 37.6 Å². The number of primary amides is 1. The van der Waals surface area contributed by atoms with Crippen LogP contribution in [0.1, 0.15) is 47.6 Å². The van der Waals surface area contributed by atoms with Crippen molar-refractivity contribution < 1.29 is 36.2 Å². The topological polar surface area (TPSA) is 90.2 Å². The molecule has 0 aliphatic carbocycles. The molecule has 1 aliphatic heterocycles. The maximum absolute atomic E-state index is 14.5. The number of hydrogen-bond donors (Lipinski definition) is 2. The molecule has 33 heavy (non-hydrogen) atoms. The molecule has 1 aliphatic rings. The van der Waals surface area contributed by atoms with Gasteiger partial charge in [-0.15, -0.1) is 0 Å². The minimum absolute atomic E-state index is 0.0140. The molecule has 1 amide bonds. The Bertz CT molecular complexity index is 1240. The minimum Gasteiger partial charge on any atom is -0.493 e. The number of carbonyl (C=O) groups is 1. The van der Waals surface area contributed by atoms with Gasteiger partial charge in [0.1, 0.15) is 11.9 Å². The zero-order valence-electron chi connectivity index (χ0n) is 17.8. The van der Waals surface area contributed by atoms with E-state index in [4.69, 9.17) is 15.2 Å². The number of nitrogens with two attached hydrogens (primary N) is 1. The zero-order valence-corrected chi connectivity index (χ0v) is 17.8. The van der Waals surface area contributed by atoms with Crippen molar-refractivity contribution in [2.24, 2.45) is 11.7 Å². The second-order valence-electron chi connectivity index (χ2n) is 8.16. The average molecular weight is 469 g/mol. The molecule has 1 fully saturated rings. The monoisotopic (exact) mass is 469 g/mol. The number of aromatic amines is 1. The number of hydrogen-bond acceptors (Lipinski definition) is 4. The number of rotatable bonds is 4. The molecule has 176 valence electrons. The Morgan fingerprint density at radius 3 is 2.55 bits per heavy atom. The average Bonchev–Trinajstić information content (AvgIpc) is 3.28. The maximum Gasteiger partial charge on any atom is 0.417 e. The fourth-order valence-electron chi connectivity index (χ4n) is 4.37. The molecule has 0 spiro atoms. The first-order valence-electron chi connectivity index (χ1n) is 9.95. The molecular formula is C22H20F5N3O3. The number of amides is 1. The van der Waals surface area contributed by atoms with Gasteiger partial charge in [0.05, 0.1) is 18.1 Å². The SMILES string of the molecule is COc1c([C@H]2[C@H](c3nc4ccc(C(N)=O)cc4[nH]3)O[C@@](C)(C(F)(F)F)[C@H]2C)ccc(F)c1F. The van der Waals surface area contributed by atoms with Gasteiger partial charge >= 0.3 is 6.18 Å². The van der Waals surface area contributed by atoms with E-state index in [-0.39, 0.29) is 17.0 Å². The largest absolute Gasteiger partial charge is 0.493 e. The molecule has 0 radical (unpaired) electrons. The summed E-state index contributed by atoms with van der Waals surface area (Å²) in [5.74, 6) is -5.99. The first-order chi connectivity index (χ1) is 15.4. The van der Waals surface area contributed by atoms with Crippen molar-refractivity contribution in [2.75, 3.05) is 7.11 Å². The van der Waals surface area contributed by atoms with Crippen LogP contribution < -0.4 is 10.5 Å². The number of aromatic nitrogens is 2. The number of fused-ring (bicyclic) bond motifs is 1. The van der Waals surface area contributed by atoms with E-state index in [1.165, 1.54) is 31.2 Å². The van der Waals surface area contributed by atoms with Crippen molar-refractivity contribution in [3.8, 4) is 5.75 Å². The molecule has 2 aromatic carbocycles. The number of halogens is 5. The number of methoxy groups -OCH3 is 1. The van der Waals surface area contributed by atoms with E-state index in [1.54, 1.807) is 0 Å². The van der Waals surface area contributed by atoms with Crippen molar-refractivity contribution in [1.82, 2.24) is 9.97 Å². The Hall–Kier alpha value is -3.21. The van der Waals surface area contributed by atoms with Crippen LogP contribution in [0.2, 0.25) is 0 Å². The molecule has 4 rings (SSSR count). The van der Waals surface area contributed by atoms with Crippen LogP contribution in [0.5, 0.6) is 5.75 Å². The summed E-state index contributed by atoms with van der Waals surface area (Å²) in [4.78, 5) is 18.7. The molecule has 11 heteroatoms. The number of carbonyl (C=O) groups excluding carboxylic acids is 1. The van der Waals surface area contributed by atoms with Crippen LogP contribution in [0.3, 0.4) is 0 Å². The Labute approximate surface area is 184 Å². The lowest BCUT2D eigenvalue weighted by molar-refractivity contribution is -0.275. The summed E-state index contributed by atoms with van der Waals surface area (Å²) in [6.07, 6.45) is -6.08. The molecule has 2 heterocycles. The molecule has 0 saturated carbocycles. The molecular weight excluding hydrogens is 449 g/mol. The zero-order chi connectivity index (χ0) is 24.3. The van der Waals surface area contributed by atoms with E-state index in [9.17, 15) is 26.7 Å². The molecule has 6 nitrogen and oxygen atoms in total. The lowest BCUT2D eigenvalue weighted by Crippen LogP contribution is -2.46. The van der Waals surface area contributed by atoms with Crippen molar-refractivity contribution in [3.05, 3.63) is 58.9 Å². The smallest absolute Gasteiger partial charge is 0.417 e. The number of imidazole rings is 1. The van der Waals surface area contributed by atoms with Crippen LogP contribution in [0.4, 0.5) is 22.0 Å². The van der Waals surface area contributed by atoms with E-state index in [0.717, 1.165) is 20.1 Å². The quantitative estimate of drug-likeness (QED) is 0.539. The normalized spacial score (nSPS) is 25.5. The van der Waals surface area contributed by atoms with Crippen molar-refractivity contribution >= 4 is 16.9 Å². The number of ether oxygens (including phenoxy) is 2. The third kappa shape index (κ3) is 3.50. The maximum atomic E-state index is 14.5. The Morgan fingerprint density at radius 2 is 1.94 bits per heavy atom. The second kappa shape index (κ2) is 7.68.